The highest BCUT2D eigenvalue weighted by molar-refractivity contribution is 5.99. The zero-order chi connectivity index (χ0) is 22.2. The molecule has 0 bridgehead atoms. The summed E-state index contributed by atoms with van der Waals surface area (Å²) >= 11 is 0. The van der Waals surface area contributed by atoms with Gasteiger partial charge < -0.3 is 20.0 Å². The largest absolute Gasteiger partial charge is 0.417 e. The van der Waals surface area contributed by atoms with E-state index in [1.54, 1.807) is 24.3 Å². The summed E-state index contributed by atoms with van der Waals surface area (Å²) in [5.74, 6) is -0.970. The number of carbonyl (C=O) groups excluding carboxylic acids is 2. The van der Waals surface area contributed by atoms with Crippen molar-refractivity contribution in [3.8, 4) is 0 Å². The van der Waals surface area contributed by atoms with E-state index in [0.717, 1.165) is 44.3 Å². The first-order chi connectivity index (χ1) is 15.5. The van der Waals surface area contributed by atoms with Crippen molar-refractivity contribution in [3.63, 3.8) is 0 Å². The van der Waals surface area contributed by atoms with Crippen molar-refractivity contribution in [1.82, 2.24) is 9.88 Å². The first kappa shape index (κ1) is 20.5. The molecular formula is C24H26N4O4. The Balaban J connectivity index is 1.62. The predicted molar refractivity (Wildman–Crippen MR) is 120 cm³/mol. The van der Waals surface area contributed by atoms with E-state index in [9.17, 15) is 14.4 Å². The molecule has 166 valence electrons. The maximum Gasteiger partial charge on any atom is 0.417 e. The van der Waals surface area contributed by atoms with Crippen molar-refractivity contribution in [2.75, 3.05) is 24.5 Å². The Morgan fingerprint density at radius 1 is 1.16 bits per heavy atom. The van der Waals surface area contributed by atoms with Crippen LogP contribution in [0.5, 0.6) is 0 Å². The van der Waals surface area contributed by atoms with Crippen molar-refractivity contribution < 1.29 is 14.0 Å². The molecule has 2 heterocycles. The van der Waals surface area contributed by atoms with Gasteiger partial charge in [0.25, 0.3) is 0 Å². The number of hydrogen-bond acceptors (Lipinski definition) is 5. The summed E-state index contributed by atoms with van der Waals surface area (Å²) in [6, 6.07) is 12.2. The lowest BCUT2D eigenvalue weighted by atomic mass is 10.00. The third kappa shape index (κ3) is 4.05. The van der Waals surface area contributed by atoms with Crippen LogP contribution < -0.4 is 16.4 Å². The van der Waals surface area contributed by atoms with Crippen molar-refractivity contribution >= 4 is 28.6 Å². The van der Waals surface area contributed by atoms with Gasteiger partial charge >= 0.3 is 5.76 Å². The van der Waals surface area contributed by atoms with Gasteiger partial charge in [0.1, 0.15) is 0 Å². The summed E-state index contributed by atoms with van der Waals surface area (Å²) in [5, 5.41) is 0. The molecule has 0 radical (unpaired) electrons. The van der Waals surface area contributed by atoms with E-state index >= 15 is 0 Å². The summed E-state index contributed by atoms with van der Waals surface area (Å²) in [5.41, 5.74) is 8.52. The Kier molecular flexibility index (Phi) is 5.30. The van der Waals surface area contributed by atoms with Crippen LogP contribution in [0.4, 0.5) is 5.69 Å². The lowest BCUT2D eigenvalue weighted by Crippen LogP contribution is -2.42. The van der Waals surface area contributed by atoms with E-state index in [0.29, 0.717) is 28.9 Å². The van der Waals surface area contributed by atoms with Gasteiger partial charge in [-0.25, -0.2) is 4.79 Å². The highest BCUT2D eigenvalue weighted by atomic mass is 16.4. The minimum atomic E-state index is -0.528. The predicted octanol–water partition coefficient (Wildman–Crippen LogP) is 2.80. The standard InChI is InChI=1S/C24H26N4O4/c25-22(29)17-5-3-4-16(12-17)20(14-27-10-1-2-11-27)28(23(30)15-6-7-15)18-8-9-21-19(13-18)26-24(31)32-21/h3-5,8-9,12-13,15,20H,1-2,6-7,10-11,14H2,(H2,25,29)(H,26,31). The molecule has 2 aliphatic rings. The molecule has 1 aromatic heterocycles. The second-order valence-corrected chi connectivity index (χ2v) is 8.69. The maximum absolute atomic E-state index is 13.6. The summed E-state index contributed by atoms with van der Waals surface area (Å²) < 4.78 is 5.14. The molecule has 3 aromatic rings. The molecule has 32 heavy (non-hydrogen) atoms. The van der Waals surface area contributed by atoms with Crippen LogP contribution in [0.25, 0.3) is 11.1 Å². The second-order valence-electron chi connectivity index (χ2n) is 8.69. The lowest BCUT2D eigenvalue weighted by Gasteiger charge is -2.35. The molecule has 2 amide bonds. The van der Waals surface area contributed by atoms with Gasteiger partial charge in [-0.1, -0.05) is 12.1 Å². The Morgan fingerprint density at radius 3 is 2.66 bits per heavy atom. The van der Waals surface area contributed by atoms with Gasteiger partial charge in [0.2, 0.25) is 11.8 Å². The topological polar surface area (TPSA) is 113 Å². The summed E-state index contributed by atoms with van der Waals surface area (Å²) in [6.45, 7) is 2.61. The van der Waals surface area contributed by atoms with E-state index in [1.807, 2.05) is 23.1 Å². The number of hydrogen-bond donors (Lipinski definition) is 2. The minimum absolute atomic E-state index is 0.00510. The number of nitrogens with two attached hydrogens (primary N) is 1. The highest BCUT2D eigenvalue weighted by Crippen LogP contribution is 2.38. The van der Waals surface area contributed by atoms with E-state index in [4.69, 9.17) is 10.2 Å². The summed E-state index contributed by atoms with van der Waals surface area (Å²) in [6.07, 6.45) is 4.01. The number of rotatable bonds is 7. The molecule has 1 saturated carbocycles. The molecule has 0 spiro atoms. The number of benzene rings is 2. The molecule has 8 heteroatoms. The summed E-state index contributed by atoms with van der Waals surface area (Å²) in [7, 11) is 0. The number of primary amides is 1. The van der Waals surface area contributed by atoms with Gasteiger partial charge in [0.05, 0.1) is 11.6 Å². The zero-order valence-corrected chi connectivity index (χ0v) is 17.8. The fourth-order valence-corrected chi connectivity index (χ4v) is 4.52. The first-order valence-electron chi connectivity index (χ1n) is 11.1. The van der Waals surface area contributed by atoms with Gasteiger partial charge in [-0.05, 0) is 74.7 Å². The number of H-pyrrole nitrogens is 1. The van der Waals surface area contributed by atoms with Gasteiger partial charge in [0.15, 0.2) is 5.58 Å². The third-order valence-electron chi connectivity index (χ3n) is 6.34. The second kappa shape index (κ2) is 8.27. The number of amides is 2. The molecule has 3 N–H and O–H groups in total. The average Bonchev–Trinajstić information content (AvgIpc) is 3.38. The first-order valence-corrected chi connectivity index (χ1v) is 11.1. The minimum Gasteiger partial charge on any atom is -0.408 e. The number of aromatic amines is 1. The lowest BCUT2D eigenvalue weighted by molar-refractivity contribution is -0.120. The van der Waals surface area contributed by atoms with Crippen LogP contribution in [-0.4, -0.2) is 41.3 Å². The van der Waals surface area contributed by atoms with Crippen molar-refractivity contribution in [3.05, 3.63) is 64.1 Å². The van der Waals surface area contributed by atoms with Crippen LogP contribution in [0.2, 0.25) is 0 Å². The molecule has 5 rings (SSSR count). The molecule has 1 aliphatic carbocycles. The quantitative estimate of drug-likeness (QED) is 0.594. The van der Waals surface area contributed by atoms with Gasteiger partial charge in [0, 0.05) is 23.7 Å². The number of fused-ring (bicyclic) bond motifs is 1. The smallest absolute Gasteiger partial charge is 0.408 e. The van der Waals surface area contributed by atoms with Crippen LogP contribution in [0.1, 0.15) is 47.6 Å². The number of aromatic nitrogens is 1. The number of likely N-dealkylation sites (tertiary alicyclic amines) is 1. The molecule has 1 aliphatic heterocycles. The molecule has 1 saturated heterocycles. The average molecular weight is 434 g/mol. The fraction of sp³-hybridized carbons (Fsp3) is 0.375. The van der Waals surface area contributed by atoms with Gasteiger partial charge in [-0.2, -0.15) is 0 Å². The summed E-state index contributed by atoms with van der Waals surface area (Å²) in [4.78, 5) is 43.9. The number of anilines is 1. The maximum atomic E-state index is 13.6. The monoisotopic (exact) mass is 434 g/mol. The van der Waals surface area contributed by atoms with Crippen LogP contribution in [0.15, 0.2) is 51.7 Å². The Morgan fingerprint density at radius 2 is 1.94 bits per heavy atom. The van der Waals surface area contributed by atoms with Gasteiger partial charge in [-0.15, -0.1) is 0 Å². The van der Waals surface area contributed by atoms with Crippen LogP contribution >= 0.6 is 0 Å². The fourth-order valence-electron chi connectivity index (χ4n) is 4.52. The van der Waals surface area contributed by atoms with E-state index in [2.05, 4.69) is 9.88 Å². The van der Waals surface area contributed by atoms with E-state index in [-0.39, 0.29) is 17.9 Å². The van der Waals surface area contributed by atoms with Crippen LogP contribution in [0.3, 0.4) is 0 Å². The molecule has 2 aromatic carbocycles. The Bertz CT molecular complexity index is 1220. The molecule has 8 nitrogen and oxygen atoms in total. The highest BCUT2D eigenvalue weighted by Gasteiger charge is 2.38. The SMILES string of the molecule is NC(=O)c1cccc(C(CN2CCCC2)N(C(=O)C2CC2)c2ccc3oc(=O)[nH]c3c2)c1. The molecular weight excluding hydrogens is 408 g/mol. The third-order valence-corrected chi connectivity index (χ3v) is 6.34. The molecule has 2 fully saturated rings. The zero-order valence-electron chi connectivity index (χ0n) is 17.8. The number of oxazole rings is 1. The Hall–Kier alpha value is -3.39. The van der Waals surface area contributed by atoms with E-state index in [1.165, 1.54) is 0 Å². The number of nitrogens with zero attached hydrogens (tertiary/aromatic N) is 2. The number of nitrogens with one attached hydrogen (secondary N) is 1. The van der Waals surface area contributed by atoms with Crippen LogP contribution in [0, 0.1) is 5.92 Å². The number of carbonyl (C=O) groups is 2. The van der Waals surface area contributed by atoms with E-state index < -0.39 is 11.7 Å². The normalized spacial score (nSPS) is 17.5. The van der Waals surface area contributed by atoms with Crippen molar-refractivity contribution in [2.45, 2.75) is 31.7 Å². The van der Waals surface area contributed by atoms with Crippen molar-refractivity contribution in [2.24, 2.45) is 11.7 Å². The van der Waals surface area contributed by atoms with Gasteiger partial charge in [-0.3, -0.25) is 14.6 Å². The van der Waals surface area contributed by atoms with Crippen LogP contribution in [-0.2, 0) is 4.79 Å². The Labute approximate surface area is 185 Å². The molecule has 1 atom stereocenters. The van der Waals surface area contributed by atoms with Crippen molar-refractivity contribution in [1.29, 1.82) is 0 Å². The molecule has 1 unspecified atom stereocenters.